The lowest BCUT2D eigenvalue weighted by atomic mass is 10.0. The van der Waals surface area contributed by atoms with E-state index in [2.05, 4.69) is 5.32 Å². The van der Waals surface area contributed by atoms with Crippen LogP contribution in [0.25, 0.3) is 0 Å². The Kier molecular flexibility index (Phi) is 4.29. The van der Waals surface area contributed by atoms with Crippen molar-refractivity contribution in [2.45, 2.75) is 13.8 Å². The summed E-state index contributed by atoms with van der Waals surface area (Å²) in [6.07, 6.45) is 0. The third-order valence-electron chi connectivity index (χ3n) is 3.31. The van der Waals surface area contributed by atoms with Gasteiger partial charge in [-0.2, -0.15) is 0 Å². The maximum absolute atomic E-state index is 12.3. The number of benzene rings is 2. The molecule has 2 N–H and O–H groups in total. The molecule has 0 aliphatic heterocycles. The average molecular weight is 304 g/mol. The molecule has 0 aromatic heterocycles. The van der Waals surface area contributed by atoms with E-state index in [9.17, 15) is 9.59 Å². The number of carboxylic acids is 1. The molecule has 0 fully saturated rings. The second-order valence-corrected chi connectivity index (χ2v) is 5.13. The molecule has 2 aromatic rings. The van der Waals surface area contributed by atoms with Crippen LogP contribution in [0.15, 0.2) is 36.4 Å². The smallest absolute Gasteiger partial charge is 0.337 e. The summed E-state index contributed by atoms with van der Waals surface area (Å²) < 4.78 is 0. The van der Waals surface area contributed by atoms with Gasteiger partial charge in [0.15, 0.2) is 0 Å². The molecule has 0 aliphatic rings. The predicted octanol–water partition coefficient (Wildman–Crippen LogP) is 3.91. The maximum atomic E-state index is 12.3. The summed E-state index contributed by atoms with van der Waals surface area (Å²) in [5.74, 6) is -1.49. The van der Waals surface area contributed by atoms with Gasteiger partial charge >= 0.3 is 5.97 Å². The van der Waals surface area contributed by atoms with Crippen molar-refractivity contribution >= 4 is 29.2 Å². The molecule has 0 radical (unpaired) electrons. The van der Waals surface area contributed by atoms with Crippen molar-refractivity contribution in [3.63, 3.8) is 0 Å². The van der Waals surface area contributed by atoms with Crippen LogP contribution in [0.1, 0.15) is 31.8 Å². The Morgan fingerprint density at radius 2 is 1.81 bits per heavy atom. The summed E-state index contributed by atoms with van der Waals surface area (Å²) in [6, 6.07) is 9.73. The third-order valence-corrected chi connectivity index (χ3v) is 3.54. The molecule has 0 saturated carbocycles. The number of carbonyl (C=O) groups excluding carboxylic acids is 1. The van der Waals surface area contributed by atoms with Crippen LogP contribution in [-0.4, -0.2) is 17.0 Å². The molecule has 4 nitrogen and oxygen atoms in total. The first-order chi connectivity index (χ1) is 9.90. The molecule has 0 heterocycles. The quantitative estimate of drug-likeness (QED) is 0.903. The summed E-state index contributed by atoms with van der Waals surface area (Å²) in [4.78, 5) is 23.5. The van der Waals surface area contributed by atoms with Crippen molar-refractivity contribution in [2.75, 3.05) is 5.32 Å². The van der Waals surface area contributed by atoms with Crippen molar-refractivity contribution in [1.29, 1.82) is 0 Å². The van der Waals surface area contributed by atoms with Crippen molar-refractivity contribution in [2.24, 2.45) is 0 Å². The van der Waals surface area contributed by atoms with Gasteiger partial charge in [-0.1, -0.05) is 23.7 Å². The zero-order valence-electron chi connectivity index (χ0n) is 11.6. The highest BCUT2D eigenvalue weighted by Gasteiger charge is 2.15. The van der Waals surface area contributed by atoms with E-state index >= 15 is 0 Å². The minimum absolute atomic E-state index is 0.0406. The summed E-state index contributed by atoms with van der Waals surface area (Å²) in [7, 11) is 0. The number of rotatable bonds is 3. The van der Waals surface area contributed by atoms with E-state index in [1.54, 1.807) is 12.1 Å². The number of nitrogens with one attached hydrogen (secondary N) is 1. The molecule has 2 rings (SSSR count). The fraction of sp³-hybridized carbons (Fsp3) is 0.125. The van der Waals surface area contributed by atoms with E-state index in [1.807, 2.05) is 19.9 Å². The highest BCUT2D eigenvalue weighted by atomic mass is 35.5. The number of carbonyl (C=O) groups is 2. The molecule has 0 unspecified atom stereocenters. The monoisotopic (exact) mass is 303 g/mol. The van der Waals surface area contributed by atoms with Crippen LogP contribution in [0.4, 0.5) is 5.69 Å². The zero-order chi connectivity index (χ0) is 15.6. The summed E-state index contributed by atoms with van der Waals surface area (Å²) >= 11 is 5.78. The molecular formula is C16H14ClNO3. The highest BCUT2D eigenvalue weighted by molar-refractivity contribution is 6.31. The molecule has 0 saturated heterocycles. The van der Waals surface area contributed by atoms with Gasteiger partial charge in [0, 0.05) is 10.6 Å². The first kappa shape index (κ1) is 15.1. The number of aromatic carboxylic acids is 1. The van der Waals surface area contributed by atoms with Crippen molar-refractivity contribution in [3.8, 4) is 0 Å². The molecule has 108 valence electrons. The predicted molar refractivity (Wildman–Crippen MR) is 82.3 cm³/mol. The Bertz CT molecular complexity index is 725. The number of hydrogen-bond acceptors (Lipinski definition) is 2. The fourth-order valence-corrected chi connectivity index (χ4v) is 2.16. The maximum Gasteiger partial charge on any atom is 0.337 e. The third kappa shape index (κ3) is 3.23. The van der Waals surface area contributed by atoms with E-state index in [0.717, 1.165) is 11.1 Å². The normalized spacial score (nSPS) is 10.2. The van der Waals surface area contributed by atoms with Crippen LogP contribution in [0.3, 0.4) is 0 Å². The first-order valence-corrected chi connectivity index (χ1v) is 6.68. The second kappa shape index (κ2) is 5.97. The van der Waals surface area contributed by atoms with E-state index < -0.39 is 5.97 Å². The molecule has 1 amide bonds. The van der Waals surface area contributed by atoms with E-state index in [4.69, 9.17) is 16.7 Å². The topological polar surface area (TPSA) is 66.4 Å². The van der Waals surface area contributed by atoms with Gasteiger partial charge in [0.1, 0.15) is 0 Å². The van der Waals surface area contributed by atoms with E-state index in [1.165, 1.54) is 18.2 Å². The van der Waals surface area contributed by atoms with Gasteiger partial charge < -0.3 is 10.4 Å². The largest absolute Gasteiger partial charge is 0.478 e. The van der Waals surface area contributed by atoms with E-state index in [-0.39, 0.29) is 17.2 Å². The van der Waals surface area contributed by atoms with Crippen LogP contribution < -0.4 is 5.32 Å². The van der Waals surface area contributed by atoms with Crippen molar-refractivity contribution < 1.29 is 14.7 Å². The molecule has 0 spiro atoms. The zero-order valence-corrected chi connectivity index (χ0v) is 12.4. The SMILES string of the molecule is Cc1cccc(C(=O)Nc2ccc(Cl)cc2C(=O)O)c1C. The van der Waals surface area contributed by atoms with Gasteiger partial charge in [-0.25, -0.2) is 4.79 Å². The van der Waals surface area contributed by atoms with Crippen molar-refractivity contribution in [1.82, 2.24) is 0 Å². The molecule has 2 aromatic carbocycles. The molecule has 21 heavy (non-hydrogen) atoms. The fourth-order valence-electron chi connectivity index (χ4n) is 1.99. The van der Waals surface area contributed by atoms with Crippen LogP contribution >= 0.6 is 11.6 Å². The Morgan fingerprint density at radius 3 is 2.48 bits per heavy atom. The first-order valence-electron chi connectivity index (χ1n) is 6.30. The lowest BCUT2D eigenvalue weighted by Gasteiger charge is -2.11. The van der Waals surface area contributed by atoms with Gasteiger partial charge in [-0.05, 0) is 49.2 Å². The summed E-state index contributed by atoms with van der Waals surface area (Å²) in [5, 5.41) is 12.1. The second-order valence-electron chi connectivity index (χ2n) is 4.70. The van der Waals surface area contributed by atoms with Gasteiger partial charge in [-0.3, -0.25) is 4.79 Å². The van der Waals surface area contributed by atoms with Gasteiger partial charge in [0.2, 0.25) is 0 Å². The van der Waals surface area contributed by atoms with Crippen molar-refractivity contribution in [3.05, 3.63) is 63.7 Å². The Morgan fingerprint density at radius 1 is 1.10 bits per heavy atom. The number of aryl methyl sites for hydroxylation is 1. The molecular weight excluding hydrogens is 290 g/mol. The van der Waals surface area contributed by atoms with Crippen LogP contribution in [0, 0.1) is 13.8 Å². The standard InChI is InChI=1S/C16H14ClNO3/c1-9-4-3-5-12(10(9)2)15(19)18-14-7-6-11(17)8-13(14)16(20)21/h3-8H,1-2H3,(H,18,19)(H,20,21). The van der Waals surface area contributed by atoms with Gasteiger partial charge in [0.05, 0.1) is 11.3 Å². The minimum atomic E-state index is -1.14. The molecule has 5 heteroatoms. The van der Waals surface area contributed by atoms with Gasteiger partial charge in [0.25, 0.3) is 5.91 Å². The minimum Gasteiger partial charge on any atom is -0.478 e. The van der Waals surface area contributed by atoms with Gasteiger partial charge in [-0.15, -0.1) is 0 Å². The van der Waals surface area contributed by atoms with Crippen LogP contribution in [-0.2, 0) is 0 Å². The molecule has 0 aliphatic carbocycles. The van der Waals surface area contributed by atoms with Crippen LogP contribution in [0.2, 0.25) is 5.02 Å². The van der Waals surface area contributed by atoms with Crippen LogP contribution in [0.5, 0.6) is 0 Å². The molecule has 0 atom stereocenters. The lowest BCUT2D eigenvalue weighted by molar-refractivity contribution is 0.0698. The lowest BCUT2D eigenvalue weighted by Crippen LogP contribution is -2.16. The number of halogens is 1. The number of anilines is 1. The van der Waals surface area contributed by atoms with E-state index in [0.29, 0.717) is 10.6 Å². The number of amides is 1. The highest BCUT2D eigenvalue weighted by Crippen LogP contribution is 2.22. The Hall–Kier alpha value is -2.33. The number of hydrogen-bond donors (Lipinski definition) is 2. The average Bonchev–Trinajstić information content (AvgIpc) is 2.43. The Labute approximate surface area is 127 Å². The summed E-state index contributed by atoms with van der Waals surface area (Å²) in [5.41, 5.74) is 2.55. The Balaban J connectivity index is 2.36. The number of carboxylic acid groups (broad SMARTS) is 1. The molecule has 0 bridgehead atoms. The summed E-state index contributed by atoms with van der Waals surface area (Å²) in [6.45, 7) is 3.77.